The second kappa shape index (κ2) is 8.56. The van der Waals surface area contributed by atoms with Crippen LogP contribution in [0.3, 0.4) is 0 Å². The van der Waals surface area contributed by atoms with Gasteiger partial charge in [-0.2, -0.15) is 16.5 Å². The Morgan fingerprint density at radius 3 is 2.52 bits per heavy atom. The van der Waals surface area contributed by atoms with E-state index < -0.39 is 28.3 Å². The first kappa shape index (κ1) is 21.3. The van der Waals surface area contributed by atoms with Gasteiger partial charge < -0.3 is 14.8 Å². The number of amides is 1. The number of hydrogen-bond donors (Lipinski definition) is 2. The normalized spacial score (nSPS) is 15.7. The average molecular weight is 444 g/mol. The van der Waals surface area contributed by atoms with Gasteiger partial charge in [0.15, 0.2) is 11.5 Å². The summed E-state index contributed by atoms with van der Waals surface area (Å²) in [7, 11) is -3.92. The van der Waals surface area contributed by atoms with E-state index in [1.54, 1.807) is 18.2 Å². The number of rotatable bonds is 8. The molecule has 0 aliphatic carbocycles. The highest BCUT2D eigenvalue weighted by Gasteiger charge is 2.43. The molecule has 0 radical (unpaired) electrons. The van der Waals surface area contributed by atoms with Gasteiger partial charge in [-0.3, -0.25) is 4.79 Å². The van der Waals surface area contributed by atoms with E-state index in [-0.39, 0.29) is 28.5 Å². The Morgan fingerprint density at radius 1 is 1.14 bits per heavy atom. The van der Waals surface area contributed by atoms with Crippen molar-refractivity contribution in [3.05, 3.63) is 48.5 Å². The summed E-state index contributed by atoms with van der Waals surface area (Å²) in [6, 6.07) is 10.4. The number of nitrogens with one attached hydrogen (secondary N) is 2. The maximum Gasteiger partial charge on any atom is 0.586 e. The fraction of sp³-hybridized carbons (Fsp3) is 0.278. The van der Waals surface area contributed by atoms with Gasteiger partial charge in [-0.05, 0) is 42.7 Å². The highest BCUT2D eigenvalue weighted by Crippen LogP contribution is 2.42. The predicted octanol–water partition coefficient (Wildman–Crippen LogP) is 3.05. The number of thioether (sulfide) groups is 1. The van der Waals surface area contributed by atoms with Gasteiger partial charge in [-0.15, -0.1) is 8.78 Å². The standard InChI is InChI=1S/C18H18F2N2O5S2/c1-28-10-9-14(22-29(24,25)13-5-3-2-4-6-13)17(23)21-12-7-8-15-16(11-12)27-18(19,20)26-15/h2-8,11,14,22H,9-10H2,1H3,(H,21,23)/t14-/m0/s1. The highest BCUT2D eigenvalue weighted by atomic mass is 32.2. The molecule has 0 saturated carbocycles. The number of hydrogen-bond acceptors (Lipinski definition) is 6. The predicted molar refractivity (Wildman–Crippen MR) is 105 cm³/mol. The monoisotopic (exact) mass is 444 g/mol. The second-order valence-corrected chi connectivity index (χ2v) is 8.79. The Labute approximate surface area is 170 Å². The summed E-state index contributed by atoms with van der Waals surface area (Å²) < 4.78 is 62.5. The quantitative estimate of drug-likeness (QED) is 0.650. The van der Waals surface area contributed by atoms with Gasteiger partial charge in [-0.25, -0.2) is 8.42 Å². The van der Waals surface area contributed by atoms with Gasteiger partial charge in [0.25, 0.3) is 0 Å². The number of fused-ring (bicyclic) bond motifs is 1. The third kappa shape index (κ3) is 5.37. The molecule has 156 valence electrons. The van der Waals surface area contributed by atoms with E-state index >= 15 is 0 Å². The van der Waals surface area contributed by atoms with Crippen LogP contribution in [-0.4, -0.2) is 38.7 Å². The van der Waals surface area contributed by atoms with Crippen LogP contribution >= 0.6 is 11.8 Å². The Morgan fingerprint density at radius 2 is 1.83 bits per heavy atom. The summed E-state index contributed by atoms with van der Waals surface area (Å²) in [6.45, 7) is 0. The molecule has 29 heavy (non-hydrogen) atoms. The van der Waals surface area contributed by atoms with Gasteiger partial charge >= 0.3 is 6.29 Å². The molecule has 1 atom stereocenters. The summed E-state index contributed by atoms with van der Waals surface area (Å²) in [6.07, 6.45) is -1.70. The lowest BCUT2D eigenvalue weighted by atomic mass is 10.2. The van der Waals surface area contributed by atoms with Crippen LogP contribution in [0, 0.1) is 0 Å². The Kier molecular flexibility index (Phi) is 6.30. The molecule has 1 heterocycles. The summed E-state index contributed by atoms with van der Waals surface area (Å²) in [5.74, 6) is -0.470. The lowest BCUT2D eigenvalue weighted by molar-refractivity contribution is -0.286. The van der Waals surface area contributed by atoms with Gasteiger partial charge in [0.1, 0.15) is 6.04 Å². The summed E-state index contributed by atoms with van der Waals surface area (Å²) in [4.78, 5) is 12.7. The number of sulfonamides is 1. The molecule has 0 bridgehead atoms. The van der Waals surface area contributed by atoms with Crippen LogP contribution in [0.1, 0.15) is 6.42 Å². The number of halogens is 2. The minimum absolute atomic E-state index is 0.0345. The van der Waals surface area contributed by atoms with Crippen molar-refractivity contribution in [3.8, 4) is 11.5 Å². The number of alkyl halides is 2. The van der Waals surface area contributed by atoms with E-state index in [1.807, 2.05) is 6.26 Å². The molecule has 3 rings (SSSR count). The van der Waals surface area contributed by atoms with E-state index in [2.05, 4.69) is 19.5 Å². The van der Waals surface area contributed by atoms with Crippen molar-refractivity contribution in [2.75, 3.05) is 17.3 Å². The molecule has 0 unspecified atom stereocenters. The Balaban J connectivity index is 1.75. The molecule has 1 aliphatic heterocycles. The van der Waals surface area contributed by atoms with Crippen molar-refractivity contribution < 1.29 is 31.5 Å². The van der Waals surface area contributed by atoms with Crippen LogP contribution < -0.4 is 19.5 Å². The van der Waals surface area contributed by atoms with Crippen LogP contribution in [-0.2, 0) is 14.8 Å². The van der Waals surface area contributed by atoms with Crippen molar-refractivity contribution in [1.82, 2.24) is 4.72 Å². The SMILES string of the molecule is CSCC[C@H](NS(=O)(=O)c1ccccc1)C(=O)Nc1ccc2c(c1)OC(F)(F)O2. The lowest BCUT2D eigenvalue weighted by Gasteiger charge is -2.18. The molecular formula is C18H18F2N2O5S2. The summed E-state index contributed by atoms with van der Waals surface area (Å²) >= 11 is 1.46. The van der Waals surface area contributed by atoms with Gasteiger partial charge in [0.05, 0.1) is 4.90 Å². The molecule has 1 amide bonds. The minimum Gasteiger partial charge on any atom is -0.395 e. The van der Waals surface area contributed by atoms with E-state index in [1.165, 1.54) is 42.1 Å². The van der Waals surface area contributed by atoms with Crippen LogP contribution in [0.2, 0.25) is 0 Å². The first-order valence-corrected chi connectivity index (χ1v) is 11.3. The fourth-order valence-corrected chi connectivity index (χ4v) is 4.31. The molecule has 0 saturated heterocycles. The Bertz CT molecular complexity index is 987. The molecule has 11 heteroatoms. The van der Waals surface area contributed by atoms with Crippen molar-refractivity contribution in [2.24, 2.45) is 0 Å². The zero-order valence-electron chi connectivity index (χ0n) is 15.2. The molecule has 2 N–H and O–H groups in total. The topological polar surface area (TPSA) is 93.7 Å². The van der Waals surface area contributed by atoms with Crippen molar-refractivity contribution in [1.29, 1.82) is 0 Å². The molecule has 0 aromatic heterocycles. The van der Waals surface area contributed by atoms with E-state index in [9.17, 15) is 22.0 Å². The number of carbonyl (C=O) groups is 1. The number of ether oxygens (including phenoxy) is 2. The first-order valence-electron chi connectivity index (χ1n) is 8.47. The van der Waals surface area contributed by atoms with Crippen LogP contribution in [0.4, 0.5) is 14.5 Å². The third-order valence-electron chi connectivity index (χ3n) is 3.95. The lowest BCUT2D eigenvalue weighted by Crippen LogP contribution is -2.44. The molecule has 2 aromatic rings. The van der Waals surface area contributed by atoms with E-state index in [4.69, 9.17) is 0 Å². The summed E-state index contributed by atoms with van der Waals surface area (Å²) in [5, 5.41) is 2.53. The number of benzene rings is 2. The van der Waals surface area contributed by atoms with Gasteiger partial charge in [-0.1, -0.05) is 18.2 Å². The first-order chi connectivity index (χ1) is 13.7. The smallest absolute Gasteiger partial charge is 0.395 e. The zero-order valence-corrected chi connectivity index (χ0v) is 16.9. The highest BCUT2D eigenvalue weighted by molar-refractivity contribution is 7.98. The maximum atomic E-state index is 13.1. The fourth-order valence-electron chi connectivity index (χ4n) is 2.59. The molecule has 2 aromatic carbocycles. The minimum atomic E-state index is -3.92. The summed E-state index contributed by atoms with van der Waals surface area (Å²) in [5.41, 5.74) is 0.170. The van der Waals surface area contributed by atoms with Crippen LogP contribution in [0.15, 0.2) is 53.4 Å². The number of carbonyl (C=O) groups excluding carboxylic acids is 1. The van der Waals surface area contributed by atoms with Crippen molar-refractivity contribution in [2.45, 2.75) is 23.7 Å². The van der Waals surface area contributed by atoms with E-state index in [0.717, 1.165) is 0 Å². The molecule has 7 nitrogen and oxygen atoms in total. The molecular weight excluding hydrogens is 426 g/mol. The van der Waals surface area contributed by atoms with Crippen LogP contribution in [0.5, 0.6) is 11.5 Å². The molecule has 0 spiro atoms. The largest absolute Gasteiger partial charge is 0.586 e. The van der Waals surface area contributed by atoms with Gasteiger partial charge in [0, 0.05) is 11.8 Å². The zero-order chi connectivity index (χ0) is 21.1. The Hall–Kier alpha value is -2.37. The maximum absolute atomic E-state index is 13.1. The third-order valence-corrected chi connectivity index (χ3v) is 6.08. The van der Waals surface area contributed by atoms with Crippen molar-refractivity contribution >= 4 is 33.4 Å². The second-order valence-electron chi connectivity index (χ2n) is 6.09. The molecule has 1 aliphatic rings. The average Bonchev–Trinajstić information content (AvgIpc) is 2.98. The van der Waals surface area contributed by atoms with Gasteiger partial charge in [0.2, 0.25) is 15.9 Å². The van der Waals surface area contributed by atoms with Crippen LogP contribution in [0.25, 0.3) is 0 Å². The van der Waals surface area contributed by atoms with Crippen molar-refractivity contribution in [3.63, 3.8) is 0 Å². The molecule has 0 fully saturated rings. The number of anilines is 1. The van der Waals surface area contributed by atoms with E-state index in [0.29, 0.717) is 5.75 Å².